The van der Waals surface area contributed by atoms with E-state index in [0.29, 0.717) is 5.75 Å². The smallest absolute Gasteiger partial charge is 0.404 e. The van der Waals surface area contributed by atoms with Gasteiger partial charge in [-0.05, 0) is 18.6 Å². The van der Waals surface area contributed by atoms with Crippen LogP contribution in [0, 0.1) is 0 Å². The standard InChI is InChI=1S/C14H23O4P.H3N/c1-2-3-4-5-6-10-13-17-19(15,16)18-14-11-8-7-9-12-14;/h7-9,11-12H,2-6,10,13H2,1H3,(H,15,16);1H3. The number of hydrogen-bond acceptors (Lipinski definition) is 4. The van der Waals surface area contributed by atoms with Crippen LogP contribution in [-0.4, -0.2) is 11.5 Å². The molecule has 0 aromatic heterocycles. The van der Waals surface area contributed by atoms with E-state index in [-0.39, 0.29) is 12.8 Å². The summed E-state index contributed by atoms with van der Waals surface area (Å²) >= 11 is 0. The van der Waals surface area contributed by atoms with Gasteiger partial charge in [-0.25, -0.2) is 4.57 Å². The topological polar surface area (TPSA) is 90.8 Å². The average molecular weight is 303 g/mol. The molecule has 0 saturated carbocycles. The first kappa shape index (κ1) is 19.1. The van der Waals surface area contributed by atoms with Gasteiger partial charge in [0.25, 0.3) is 0 Å². The largest absolute Gasteiger partial charge is 0.527 e. The zero-order valence-corrected chi connectivity index (χ0v) is 13.1. The van der Waals surface area contributed by atoms with Crippen LogP contribution in [0.4, 0.5) is 0 Å². The number of phosphoric acid groups is 1. The molecular weight excluding hydrogens is 277 g/mol. The third-order valence-corrected chi connectivity index (χ3v) is 3.67. The molecule has 4 N–H and O–H groups in total. The van der Waals surface area contributed by atoms with Gasteiger partial charge in [0, 0.05) is 0 Å². The summed E-state index contributed by atoms with van der Waals surface area (Å²) in [6.45, 7) is 2.43. The minimum atomic E-state index is -3.98. The molecule has 5 nitrogen and oxygen atoms in total. The van der Waals surface area contributed by atoms with Gasteiger partial charge in [0.05, 0.1) is 6.61 Å². The quantitative estimate of drug-likeness (QED) is 0.482. The zero-order chi connectivity index (χ0) is 14.0. The van der Waals surface area contributed by atoms with Crippen LogP contribution in [0.15, 0.2) is 30.3 Å². The number of unbranched alkanes of at least 4 members (excludes halogenated alkanes) is 5. The summed E-state index contributed by atoms with van der Waals surface area (Å²) in [4.78, 5) is 9.52. The summed E-state index contributed by atoms with van der Waals surface area (Å²) < 4.78 is 21.5. The third kappa shape index (κ3) is 9.10. The lowest BCUT2D eigenvalue weighted by atomic mass is 10.1. The maximum atomic E-state index is 11.6. The molecule has 1 unspecified atom stereocenters. The van der Waals surface area contributed by atoms with Crippen LogP contribution in [0.25, 0.3) is 0 Å². The molecule has 6 heteroatoms. The third-order valence-electron chi connectivity index (χ3n) is 2.72. The van der Waals surface area contributed by atoms with Gasteiger partial charge in [-0.1, -0.05) is 57.2 Å². The van der Waals surface area contributed by atoms with Crippen molar-refractivity contribution >= 4 is 7.82 Å². The monoisotopic (exact) mass is 303 g/mol. The van der Waals surface area contributed by atoms with Crippen LogP contribution < -0.4 is 10.7 Å². The van der Waals surface area contributed by atoms with Crippen molar-refractivity contribution in [3.8, 4) is 5.75 Å². The van der Waals surface area contributed by atoms with Crippen molar-refractivity contribution < 1.29 is 18.5 Å². The van der Waals surface area contributed by atoms with Gasteiger partial charge in [-0.3, -0.25) is 9.42 Å². The lowest BCUT2D eigenvalue weighted by Crippen LogP contribution is -1.99. The zero-order valence-electron chi connectivity index (χ0n) is 12.2. The van der Waals surface area contributed by atoms with Crippen molar-refractivity contribution in [3.05, 3.63) is 30.3 Å². The van der Waals surface area contributed by atoms with Gasteiger partial charge in [0.1, 0.15) is 5.75 Å². The number of phosphoric ester groups is 1. The highest BCUT2D eigenvalue weighted by Gasteiger charge is 2.22. The number of para-hydroxylation sites is 1. The first-order valence-corrected chi connectivity index (χ1v) is 8.35. The van der Waals surface area contributed by atoms with Crippen molar-refractivity contribution in [2.45, 2.75) is 45.4 Å². The van der Waals surface area contributed by atoms with E-state index in [0.717, 1.165) is 19.3 Å². The van der Waals surface area contributed by atoms with Crippen LogP contribution >= 0.6 is 7.82 Å². The highest BCUT2D eigenvalue weighted by molar-refractivity contribution is 7.47. The van der Waals surface area contributed by atoms with Crippen LogP contribution in [0.3, 0.4) is 0 Å². The first-order chi connectivity index (χ1) is 9.14. The molecule has 1 aromatic carbocycles. The lowest BCUT2D eigenvalue weighted by Gasteiger charge is -2.12. The molecule has 0 saturated heterocycles. The minimum Gasteiger partial charge on any atom is -0.404 e. The fourth-order valence-electron chi connectivity index (χ4n) is 1.70. The van der Waals surface area contributed by atoms with Gasteiger partial charge < -0.3 is 10.7 Å². The predicted octanol–water partition coefficient (Wildman–Crippen LogP) is 4.70. The van der Waals surface area contributed by atoms with Gasteiger partial charge in [-0.2, -0.15) is 0 Å². The Balaban J connectivity index is 0.00000361. The molecule has 0 heterocycles. The molecule has 0 bridgehead atoms. The fourth-order valence-corrected chi connectivity index (χ4v) is 2.50. The fraction of sp³-hybridized carbons (Fsp3) is 0.571. The summed E-state index contributed by atoms with van der Waals surface area (Å²) in [6, 6.07) is 8.53. The van der Waals surface area contributed by atoms with Crippen molar-refractivity contribution in [2.24, 2.45) is 0 Å². The molecule has 0 spiro atoms. The second-order valence-corrected chi connectivity index (χ2v) is 5.85. The van der Waals surface area contributed by atoms with Crippen LogP contribution in [0.2, 0.25) is 0 Å². The van der Waals surface area contributed by atoms with Crippen molar-refractivity contribution in [3.63, 3.8) is 0 Å². The summed E-state index contributed by atoms with van der Waals surface area (Å²) in [7, 11) is -3.98. The normalized spacial score (nSPS) is 13.3. The Morgan fingerprint density at radius 2 is 1.65 bits per heavy atom. The second kappa shape index (κ2) is 10.9. The Morgan fingerprint density at radius 1 is 1.05 bits per heavy atom. The Morgan fingerprint density at radius 3 is 2.30 bits per heavy atom. The predicted molar refractivity (Wildman–Crippen MR) is 81.2 cm³/mol. The molecule has 0 radical (unpaired) electrons. The average Bonchev–Trinajstić information content (AvgIpc) is 2.38. The van der Waals surface area contributed by atoms with Crippen LogP contribution in [0.1, 0.15) is 45.4 Å². The molecule has 116 valence electrons. The Bertz CT molecular complexity index is 386. The van der Waals surface area contributed by atoms with E-state index in [1.807, 2.05) is 6.07 Å². The van der Waals surface area contributed by atoms with E-state index in [4.69, 9.17) is 9.05 Å². The molecule has 0 amide bonds. The number of rotatable bonds is 10. The lowest BCUT2D eigenvalue weighted by molar-refractivity contribution is 0.199. The van der Waals surface area contributed by atoms with Crippen molar-refractivity contribution in [1.29, 1.82) is 0 Å². The molecule has 0 aliphatic rings. The molecule has 1 atom stereocenters. The van der Waals surface area contributed by atoms with E-state index < -0.39 is 7.82 Å². The molecule has 0 fully saturated rings. The molecule has 0 aliphatic heterocycles. The SMILES string of the molecule is CCCCCCCCOP(=O)(O)Oc1ccccc1.N. The summed E-state index contributed by atoms with van der Waals surface area (Å²) in [5.41, 5.74) is 0. The van der Waals surface area contributed by atoms with Crippen molar-refractivity contribution in [2.75, 3.05) is 6.61 Å². The van der Waals surface area contributed by atoms with E-state index in [9.17, 15) is 9.46 Å². The Labute approximate surface area is 121 Å². The van der Waals surface area contributed by atoms with Crippen LogP contribution in [-0.2, 0) is 9.09 Å². The summed E-state index contributed by atoms with van der Waals surface area (Å²) in [5, 5.41) is 0. The first-order valence-electron chi connectivity index (χ1n) is 6.86. The van der Waals surface area contributed by atoms with Gasteiger partial charge in [0.15, 0.2) is 0 Å². The molecule has 1 rings (SSSR count). The Kier molecular flexibility index (Phi) is 10.4. The van der Waals surface area contributed by atoms with Crippen LogP contribution in [0.5, 0.6) is 5.75 Å². The number of benzene rings is 1. The van der Waals surface area contributed by atoms with Crippen molar-refractivity contribution in [1.82, 2.24) is 6.15 Å². The molecule has 20 heavy (non-hydrogen) atoms. The summed E-state index contributed by atoms with van der Waals surface area (Å²) in [6.07, 6.45) is 6.63. The molecule has 0 aliphatic carbocycles. The molecule has 1 aromatic rings. The number of hydrogen-bond donors (Lipinski definition) is 2. The highest BCUT2D eigenvalue weighted by Crippen LogP contribution is 2.43. The summed E-state index contributed by atoms with van der Waals surface area (Å²) in [5.74, 6) is 0.344. The maximum Gasteiger partial charge on any atom is 0.527 e. The van der Waals surface area contributed by atoms with Gasteiger partial charge in [-0.15, -0.1) is 0 Å². The van der Waals surface area contributed by atoms with E-state index in [1.54, 1.807) is 24.3 Å². The van der Waals surface area contributed by atoms with Gasteiger partial charge in [0.2, 0.25) is 0 Å². The van der Waals surface area contributed by atoms with E-state index >= 15 is 0 Å². The van der Waals surface area contributed by atoms with E-state index in [1.165, 1.54) is 19.3 Å². The second-order valence-electron chi connectivity index (χ2n) is 4.47. The van der Waals surface area contributed by atoms with Gasteiger partial charge >= 0.3 is 7.82 Å². The maximum absolute atomic E-state index is 11.6. The highest BCUT2D eigenvalue weighted by atomic mass is 31.2. The molecular formula is C14H26NO4P. The minimum absolute atomic E-state index is 0. The Hall–Kier alpha value is -0.870. The van der Waals surface area contributed by atoms with E-state index in [2.05, 4.69) is 6.92 Å².